The molecule has 4 N–H and O–H groups in total. The number of carbonyl (C=O) groups is 1. The van der Waals surface area contributed by atoms with Crippen LogP contribution < -0.4 is 16.4 Å². The van der Waals surface area contributed by atoms with Crippen molar-refractivity contribution in [1.82, 2.24) is 4.98 Å². The summed E-state index contributed by atoms with van der Waals surface area (Å²) in [6, 6.07) is 11.5. The van der Waals surface area contributed by atoms with Crippen molar-refractivity contribution in [3.63, 3.8) is 0 Å². The molecule has 0 bridgehead atoms. The summed E-state index contributed by atoms with van der Waals surface area (Å²) in [5, 5.41) is 5.79. The average Bonchev–Trinajstić information content (AvgIpc) is 2.96. The van der Waals surface area contributed by atoms with Crippen LogP contribution in [-0.4, -0.2) is 17.4 Å². The highest BCUT2D eigenvalue weighted by Crippen LogP contribution is 2.23. The largest absolute Gasteiger partial charge is 0.423 e. The topological polar surface area (TPSA) is 93.2 Å². The van der Waals surface area contributed by atoms with Gasteiger partial charge in [0.1, 0.15) is 11.3 Å². The van der Waals surface area contributed by atoms with Gasteiger partial charge in [-0.1, -0.05) is 0 Å². The molecule has 0 fully saturated rings. The summed E-state index contributed by atoms with van der Waals surface area (Å²) < 4.78 is 18.7. The molecule has 0 aliphatic heterocycles. The lowest BCUT2D eigenvalue weighted by molar-refractivity contribution is -0.116. The third-order valence-electron chi connectivity index (χ3n) is 3.38. The molecule has 0 atom stereocenters. The molecule has 3 rings (SSSR count). The fourth-order valence-corrected chi connectivity index (χ4v) is 2.20. The van der Waals surface area contributed by atoms with E-state index >= 15 is 0 Å². The van der Waals surface area contributed by atoms with Gasteiger partial charge in [0, 0.05) is 23.9 Å². The summed E-state index contributed by atoms with van der Waals surface area (Å²) in [6.45, 7) is 0.491. The molecule has 24 heavy (non-hydrogen) atoms. The molecule has 3 aromatic rings. The van der Waals surface area contributed by atoms with Gasteiger partial charge >= 0.3 is 0 Å². The van der Waals surface area contributed by atoms with Gasteiger partial charge in [0.2, 0.25) is 5.91 Å². The van der Waals surface area contributed by atoms with Crippen LogP contribution in [0.5, 0.6) is 0 Å². The van der Waals surface area contributed by atoms with Crippen LogP contribution in [0.2, 0.25) is 0 Å². The molecule has 1 heterocycles. The molecule has 0 spiro atoms. The molecule has 0 aliphatic carbocycles. The number of nitrogens with one attached hydrogen (secondary N) is 2. The van der Waals surface area contributed by atoms with Crippen LogP contribution in [0, 0.1) is 5.82 Å². The Morgan fingerprint density at radius 1 is 1.17 bits per heavy atom. The van der Waals surface area contributed by atoms with Gasteiger partial charge < -0.3 is 20.8 Å². The summed E-state index contributed by atoms with van der Waals surface area (Å²) in [7, 11) is 0. The van der Waals surface area contributed by atoms with Crippen LogP contribution in [0.25, 0.3) is 11.1 Å². The molecule has 1 amide bonds. The molecule has 6 nitrogen and oxygen atoms in total. The zero-order chi connectivity index (χ0) is 16.9. The normalized spacial score (nSPS) is 10.8. The monoisotopic (exact) mass is 328 g/mol. The molecular formula is C17H17FN4O2. The van der Waals surface area contributed by atoms with Crippen molar-refractivity contribution in [2.45, 2.75) is 12.8 Å². The van der Waals surface area contributed by atoms with Crippen molar-refractivity contribution >= 4 is 34.4 Å². The summed E-state index contributed by atoms with van der Waals surface area (Å²) in [5.41, 5.74) is 7.76. The predicted octanol–water partition coefficient (Wildman–Crippen LogP) is 3.39. The highest BCUT2D eigenvalue weighted by atomic mass is 19.1. The first-order chi connectivity index (χ1) is 11.6. The molecule has 0 aliphatic rings. The van der Waals surface area contributed by atoms with Gasteiger partial charge in [0.25, 0.3) is 6.01 Å². The highest BCUT2D eigenvalue weighted by molar-refractivity contribution is 5.90. The molecular weight excluding hydrogens is 311 g/mol. The van der Waals surface area contributed by atoms with Crippen molar-refractivity contribution in [2.24, 2.45) is 5.73 Å². The predicted molar refractivity (Wildman–Crippen MR) is 90.6 cm³/mol. The molecule has 0 saturated carbocycles. The molecule has 124 valence electrons. The zero-order valence-corrected chi connectivity index (χ0v) is 12.9. The first kappa shape index (κ1) is 15.9. The van der Waals surface area contributed by atoms with Crippen molar-refractivity contribution in [1.29, 1.82) is 0 Å². The number of halogens is 1. The number of nitrogens with two attached hydrogens (primary N) is 1. The van der Waals surface area contributed by atoms with Crippen molar-refractivity contribution in [3.8, 4) is 0 Å². The van der Waals surface area contributed by atoms with Crippen LogP contribution in [0.15, 0.2) is 46.9 Å². The molecule has 7 heteroatoms. The number of nitrogens with zero attached hydrogens (tertiary/aromatic N) is 1. The number of anilines is 3. The van der Waals surface area contributed by atoms with E-state index in [0.717, 1.165) is 5.69 Å². The van der Waals surface area contributed by atoms with E-state index in [2.05, 4.69) is 15.6 Å². The van der Waals surface area contributed by atoms with E-state index in [1.807, 2.05) is 0 Å². The van der Waals surface area contributed by atoms with Crippen LogP contribution in [0.4, 0.5) is 21.8 Å². The van der Waals surface area contributed by atoms with Gasteiger partial charge in [-0.15, -0.1) is 0 Å². The van der Waals surface area contributed by atoms with Gasteiger partial charge in [0.05, 0.1) is 0 Å². The number of aromatic nitrogens is 1. The van der Waals surface area contributed by atoms with Crippen molar-refractivity contribution in [2.75, 3.05) is 17.2 Å². The molecule has 0 unspecified atom stereocenters. The fraction of sp³-hybridized carbons (Fsp3) is 0.176. The Labute approximate surface area is 137 Å². The van der Waals surface area contributed by atoms with Gasteiger partial charge in [0.15, 0.2) is 5.58 Å². The second-order valence-corrected chi connectivity index (χ2v) is 5.27. The summed E-state index contributed by atoms with van der Waals surface area (Å²) in [5.74, 6) is -0.431. The van der Waals surface area contributed by atoms with E-state index < -0.39 is 0 Å². The average molecular weight is 328 g/mol. The Balaban J connectivity index is 1.65. The number of carbonyl (C=O) groups excluding carboxylic acids is 1. The van der Waals surface area contributed by atoms with E-state index in [1.54, 1.807) is 24.3 Å². The molecule has 0 radical (unpaired) electrons. The lowest BCUT2D eigenvalue weighted by Gasteiger charge is -2.06. The SMILES string of the molecule is NCCCC(=O)Nc1ccc(Nc2nc3cc(F)ccc3o2)cc1. The maximum atomic E-state index is 13.2. The zero-order valence-electron chi connectivity index (χ0n) is 12.9. The van der Waals surface area contributed by atoms with E-state index in [1.165, 1.54) is 18.2 Å². The number of oxazole rings is 1. The standard InChI is InChI=1S/C17H17FN4O2/c18-11-3-8-15-14(10-11)22-17(24-15)21-13-6-4-12(5-7-13)20-16(23)2-1-9-19/h3-8,10H,1-2,9,19H2,(H,20,23)(H,21,22). The third kappa shape index (κ3) is 3.88. The third-order valence-corrected chi connectivity index (χ3v) is 3.38. The highest BCUT2D eigenvalue weighted by Gasteiger charge is 2.07. The second-order valence-electron chi connectivity index (χ2n) is 5.27. The quantitative estimate of drug-likeness (QED) is 0.645. The number of benzene rings is 2. The van der Waals surface area contributed by atoms with E-state index in [9.17, 15) is 9.18 Å². The minimum absolute atomic E-state index is 0.0675. The smallest absolute Gasteiger partial charge is 0.300 e. The van der Waals surface area contributed by atoms with Crippen LogP contribution in [0.1, 0.15) is 12.8 Å². The maximum Gasteiger partial charge on any atom is 0.300 e. The van der Waals surface area contributed by atoms with Gasteiger partial charge in [-0.3, -0.25) is 4.79 Å². The molecule has 0 saturated heterocycles. The minimum Gasteiger partial charge on any atom is -0.423 e. The Kier molecular flexibility index (Phi) is 4.72. The minimum atomic E-state index is -0.364. The summed E-state index contributed by atoms with van der Waals surface area (Å²) >= 11 is 0. The fourth-order valence-electron chi connectivity index (χ4n) is 2.20. The van der Waals surface area contributed by atoms with Crippen molar-refractivity contribution < 1.29 is 13.6 Å². The Morgan fingerprint density at radius 2 is 1.92 bits per heavy atom. The molecule has 1 aromatic heterocycles. The summed E-state index contributed by atoms with van der Waals surface area (Å²) in [6.07, 6.45) is 1.06. The van der Waals surface area contributed by atoms with Gasteiger partial charge in [-0.2, -0.15) is 4.98 Å². The van der Waals surface area contributed by atoms with Crippen molar-refractivity contribution in [3.05, 3.63) is 48.3 Å². The van der Waals surface area contributed by atoms with Crippen LogP contribution in [-0.2, 0) is 4.79 Å². The first-order valence-corrected chi connectivity index (χ1v) is 7.57. The lowest BCUT2D eigenvalue weighted by Crippen LogP contribution is -2.13. The number of rotatable bonds is 6. The van der Waals surface area contributed by atoms with E-state index in [4.69, 9.17) is 10.2 Å². The number of hydrogen-bond donors (Lipinski definition) is 3. The Morgan fingerprint density at radius 3 is 2.67 bits per heavy atom. The van der Waals surface area contributed by atoms with Gasteiger partial charge in [-0.25, -0.2) is 4.39 Å². The maximum absolute atomic E-state index is 13.2. The number of amides is 1. The van der Waals surface area contributed by atoms with Gasteiger partial charge in [-0.05, 0) is 49.4 Å². The second kappa shape index (κ2) is 7.10. The summed E-state index contributed by atoms with van der Waals surface area (Å²) in [4.78, 5) is 15.8. The number of hydrogen-bond acceptors (Lipinski definition) is 5. The Hall–Kier alpha value is -2.93. The Bertz CT molecular complexity index is 845. The van der Waals surface area contributed by atoms with Crippen LogP contribution in [0.3, 0.4) is 0 Å². The lowest BCUT2D eigenvalue weighted by atomic mass is 10.2. The van der Waals surface area contributed by atoms with E-state index in [-0.39, 0.29) is 17.7 Å². The first-order valence-electron chi connectivity index (χ1n) is 7.57. The van der Waals surface area contributed by atoms with E-state index in [0.29, 0.717) is 36.2 Å². The number of fused-ring (bicyclic) bond motifs is 1. The van der Waals surface area contributed by atoms with Crippen LogP contribution >= 0.6 is 0 Å². The molecule has 2 aromatic carbocycles.